The molecule has 1 rings (SSSR count). The zero-order valence-electron chi connectivity index (χ0n) is 9.99. The van der Waals surface area contributed by atoms with E-state index >= 15 is 0 Å². The standard InChI is InChI=1S/C11H20N2O3/c1-3-4-9(12-2)10(14)11(15)13-5-7-16-8-6-13/h9,12H,3-8H2,1-2H3. The van der Waals surface area contributed by atoms with Gasteiger partial charge in [-0.3, -0.25) is 9.59 Å². The van der Waals surface area contributed by atoms with Crippen LogP contribution >= 0.6 is 0 Å². The summed E-state index contributed by atoms with van der Waals surface area (Å²) in [4.78, 5) is 25.3. The second kappa shape index (κ2) is 6.60. The third kappa shape index (κ3) is 3.28. The van der Waals surface area contributed by atoms with Crippen molar-refractivity contribution in [2.24, 2.45) is 0 Å². The Kier molecular flexibility index (Phi) is 5.42. The predicted molar refractivity (Wildman–Crippen MR) is 60.2 cm³/mol. The van der Waals surface area contributed by atoms with Gasteiger partial charge in [0.2, 0.25) is 5.78 Å². The van der Waals surface area contributed by atoms with Gasteiger partial charge in [0.15, 0.2) is 0 Å². The van der Waals surface area contributed by atoms with Crippen molar-refractivity contribution in [1.82, 2.24) is 10.2 Å². The van der Waals surface area contributed by atoms with Crippen LogP contribution < -0.4 is 5.32 Å². The van der Waals surface area contributed by atoms with Gasteiger partial charge in [-0.1, -0.05) is 13.3 Å². The Bertz CT molecular complexity index is 235. The highest BCUT2D eigenvalue weighted by Gasteiger charge is 2.28. The molecule has 0 saturated carbocycles. The molecule has 0 aliphatic carbocycles. The van der Waals surface area contributed by atoms with Crippen molar-refractivity contribution in [2.45, 2.75) is 25.8 Å². The van der Waals surface area contributed by atoms with Gasteiger partial charge in [-0.15, -0.1) is 0 Å². The number of amides is 1. The lowest BCUT2D eigenvalue weighted by atomic mass is 10.1. The van der Waals surface area contributed by atoms with Crippen LogP contribution in [0.3, 0.4) is 0 Å². The van der Waals surface area contributed by atoms with Gasteiger partial charge in [0, 0.05) is 13.1 Å². The van der Waals surface area contributed by atoms with Crippen LogP contribution in [0.25, 0.3) is 0 Å². The van der Waals surface area contributed by atoms with Crippen LogP contribution in [0.15, 0.2) is 0 Å². The molecule has 5 heteroatoms. The van der Waals surface area contributed by atoms with Gasteiger partial charge >= 0.3 is 0 Å². The molecule has 0 radical (unpaired) electrons. The largest absolute Gasteiger partial charge is 0.378 e. The molecule has 5 nitrogen and oxygen atoms in total. The molecule has 1 saturated heterocycles. The zero-order valence-corrected chi connectivity index (χ0v) is 9.99. The van der Waals surface area contributed by atoms with Gasteiger partial charge < -0.3 is 15.0 Å². The summed E-state index contributed by atoms with van der Waals surface area (Å²) >= 11 is 0. The van der Waals surface area contributed by atoms with E-state index in [-0.39, 0.29) is 17.7 Å². The number of Topliss-reactive ketones (excluding diaryl/α,β-unsaturated/α-hetero) is 1. The van der Waals surface area contributed by atoms with Gasteiger partial charge in [0.1, 0.15) is 0 Å². The maximum atomic E-state index is 11.9. The molecule has 1 atom stereocenters. The molecular formula is C11H20N2O3. The average Bonchev–Trinajstić information content (AvgIpc) is 2.35. The first-order valence-corrected chi connectivity index (χ1v) is 5.78. The molecule has 0 aromatic rings. The highest BCUT2D eigenvalue weighted by Crippen LogP contribution is 2.03. The van der Waals surface area contributed by atoms with E-state index in [0.29, 0.717) is 32.7 Å². The number of ether oxygens (including phenoxy) is 1. The molecular weight excluding hydrogens is 208 g/mol. The maximum absolute atomic E-state index is 11.9. The Morgan fingerprint density at radius 1 is 1.38 bits per heavy atom. The Labute approximate surface area is 96.1 Å². The van der Waals surface area contributed by atoms with Gasteiger partial charge in [-0.2, -0.15) is 0 Å². The molecule has 0 aromatic carbocycles. The fourth-order valence-electron chi connectivity index (χ4n) is 1.77. The first-order valence-electron chi connectivity index (χ1n) is 5.78. The molecule has 1 heterocycles. The smallest absolute Gasteiger partial charge is 0.291 e. The highest BCUT2D eigenvalue weighted by atomic mass is 16.5. The molecule has 92 valence electrons. The Balaban J connectivity index is 2.53. The summed E-state index contributed by atoms with van der Waals surface area (Å²) < 4.78 is 5.14. The summed E-state index contributed by atoms with van der Waals surface area (Å²) in [7, 11) is 1.71. The van der Waals surface area contributed by atoms with Crippen LogP contribution in [-0.2, 0) is 14.3 Å². The van der Waals surface area contributed by atoms with Crippen molar-refractivity contribution in [3.05, 3.63) is 0 Å². The second-order valence-corrected chi connectivity index (χ2v) is 3.90. The lowest BCUT2D eigenvalue weighted by Gasteiger charge is -2.27. The molecule has 0 spiro atoms. The number of ketones is 1. The van der Waals surface area contributed by atoms with E-state index in [1.165, 1.54) is 0 Å². The molecule has 1 fully saturated rings. The normalized spacial score (nSPS) is 18.2. The third-order valence-electron chi connectivity index (χ3n) is 2.75. The average molecular weight is 228 g/mol. The van der Waals surface area contributed by atoms with Crippen LogP contribution in [-0.4, -0.2) is 56.0 Å². The predicted octanol–water partition coefficient (Wildman–Crippen LogP) is -0.198. The van der Waals surface area contributed by atoms with E-state index in [9.17, 15) is 9.59 Å². The van der Waals surface area contributed by atoms with Crippen LogP contribution in [0.1, 0.15) is 19.8 Å². The fourth-order valence-corrected chi connectivity index (χ4v) is 1.77. The molecule has 16 heavy (non-hydrogen) atoms. The number of carbonyl (C=O) groups excluding carboxylic acids is 2. The summed E-state index contributed by atoms with van der Waals surface area (Å²) in [5.74, 6) is -0.706. The van der Waals surface area contributed by atoms with Crippen LogP contribution in [0.4, 0.5) is 0 Å². The molecule has 1 amide bonds. The molecule has 0 aromatic heterocycles. The second-order valence-electron chi connectivity index (χ2n) is 3.90. The summed E-state index contributed by atoms with van der Waals surface area (Å²) in [6.07, 6.45) is 1.58. The van der Waals surface area contributed by atoms with E-state index in [2.05, 4.69) is 5.32 Å². The molecule has 1 aliphatic heterocycles. The summed E-state index contributed by atoms with van der Waals surface area (Å²) in [5.41, 5.74) is 0. The third-order valence-corrected chi connectivity index (χ3v) is 2.75. The van der Waals surface area contributed by atoms with Gasteiger partial charge in [-0.05, 0) is 13.5 Å². The first-order chi connectivity index (χ1) is 7.70. The van der Waals surface area contributed by atoms with Gasteiger partial charge in [-0.25, -0.2) is 0 Å². The monoisotopic (exact) mass is 228 g/mol. The number of hydrogen-bond acceptors (Lipinski definition) is 4. The SMILES string of the molecule is CCCC(NC)C(=O)C(=O)N1CCOCC1. The number of carbonyl (C=O) groups is 2. The number of hydrogen-bond donors (Lipinski definition) is 1. The van der Waals surface area contributed by atoms with Crippen molar-refractivity contribution < 1.29 is 14.3 Å². The quantitative estimate of drug-likeness (QED) is 0.662. The molecule has 1 N–H and O–H groups in total. The maximum Gasteiger partial charge on any atom is 0.291 e. The Hall–Kier alpha value is -0.940. The van der Waals surface area contributed by atoms with E-state index in [0.717, 1.165) is 6.42 Å². The van der Waals surface area contributed by atoms with Crippen molar-refractivity contribution in [2.75, 3.05) is 33.4 Å². The molecule has 0 bridgehead atoms. The van der Waals surface area contributed by atoms with Crippen LogP contribution in [0, 0.1) is 0 Å². The van der Waals surface area contributed by atoms with E-state index in [1.807, 2.05) is 6.92 Å². The zero-order chi connectivity index (χ0) is 12.0. The summed E-state index contributed by atoms with van der Waals surface area (Å²) in [5, 5.41) is 2.89. The number of rotatable bonds is 5. The summed E-state index contributed by atoms with van der Waals surface area (Å²) in [6.45, 7) is 4.09. The minimum Gasteiger partial charge on any atom is -0.378 e. The van der Waals surface area contributed by atoms with E-state index in [4.69, 9.17) is 4.74 Å². The fraction of sp³-hybridized carbons (Fsp3) is 0.818. The van der Waals surface area contributed by atoms with Crippen LogP contribution in [0.2, 0.25) is 0 Å². The van der Waals surface area contributed by atoms with Crippen molar-refractivity contribution >= 4 is 11.7 Å². The lowest BCUT2D eigenvalue weighted by Crippen LogP contribution is -2.49. The molecule has 1 unspecified atom stereocenters. The lowest BCUT2D eigenvalue weighted by molar-refractivity contribution is -0.148. The van der Waals surface area contributed by atoms with Gasteiger partial charge in [0.25, 0.3) is 5.91 Å². The minimum absolute atomic E-state index is 0.328. The van der Waals surface area contributed by atoms with Gasteiger partial charge in [0.05, 0.1) is 19.3 Å². The Morgan fingerprint density at radius 3 is 2.50 bits per heavy atom. The molecule has 1 aliphatic rings. The van der Waals surface area contributed by atoms with E-state index < -0.39 is 0 Å². The van der Waals surface area contributed by atoms with E-state index in [1.54, 1.807) is 11.9 Å². The van der Waals surface area contributed by atoms with Crippen molar-refractivity contribution in [1.29, 1.82) is 0 Å². The number of nitrogens with one attached hydrogen (secondary N) is 1. The number of nitrogens with zero attached hydrogens (tertiary/aromatic N) is 1. The van der Waals surface area contributed by atoms with Crippen molar-refractivity contribution in [3.63, 3.8) is 0 Å². The minimum atomic E-state index is -0.379. The number of likely N-dealkylation sites (N-methyl/N-ethyl adjacent to an activating group) is 1. The number of morpholine rings is 1. The topological polar surface area (TPSA) is 58.6 Å². The first kappa shape index (κ1) is 13.1. The summed E-state index contributed by atoms with van der Waals surface area (Å²) in [6, 6.07) is -0.347. The highest BCUT2D eigenvalue weighted by molar-refractivity contribution is 6.38. The van der Waals surface area contributed by atoms with Crippen LogP contribution in [0.5, 0.6) is 0 Å². The van der Waals surface area contributed by atoms with Crippen molar-refractivity contribution in [3.8, 4) is 0 Å². The Morgan fingerprint density at radius 2 is 2.00 bits per heavy atom.